The van der Waals surface area contributed by atoms with E-state index in [2.05, 4.69) is 0 Å². The average Bonchev–Trinajstić information content (AvgIpc) is 2.09. The summed E-state index contributed by atoms with van der Waals surface area (Å²) in [5.41, 5.74) is 1.81. The van der Waals surface area contributed by atoms with E-state index in [1.165, 1.54) is 0 Å². The number of halogens is 6. The van der Waals surface area contributed by atoms with Crippen molar-refractivity contribution in [2.75, 3.05) is 5.73 Å². The monoisotopic (exact) mass is 245 g/mol. The summed E-state index contributed by atoms with van der Waals surface area (Å²) in [5.74, 6) is -3.81. The number of benzene rings is 1. The van der Waals surface area contributed by atoms with Crippen LogP contribution in [-0.2, 0) is 6.18 Å². The van der Waals surface area contributed by atoms with E-state index in [1.807, 2.05) is 0 Å². The first kappa shape index (κ1) is 12.0. The van der Waals surface area contributed by atoms with Crippen molar-refractivity contribution in [3.63, 3.8) is 0 Å². The van der Waals surface area contributed by atoms with E-state index >= 15 is 0 Å². The molecule has 0 saturated carbocycles. The number of rotatable bonds is 0. The van der Waals surface area contributed by atoms with Crippen LogP contribution in [-0.4, -0.2) is 0 Å². The van der Waals surface area contributed by atoms with Crippen LogP contribution in [0.4, 0.5) is 27.6 Å². The van der Waals surface area contributed by atoms with Crippen molar-refractivity contribution in [3.8, 4) is 0 Å². The minimum absolute atomic E-state index is 0.624. The van der Waals surface area contributed by atoms with E-state index in [9.17, 15) is 22.0 Å². The second-order valence-electron chi connectivity index (χ2n) is 2.85. The Morgan fingerprint density at radius 1 is 1.13 bits per heavy atom. The Morgan fingerprint density at radius 2 is 1.60 bits per heavy atom. The van der Waals surface area contributed by atoms with Crippen molar-refractivity contribution in [2.45, 2.75) is 13.1 Å². The molecule has 1 aromatic rings. The number of hydrogen-bond acceptors (Lipinski definition) is 1. The van der Waals surface area contributed by atoms with Gasteiger partial charge in [-0.2, -0.15) is 13.2 Å². The molecule has 1 rings (SSSR count). The third-order valence-electron chi connectivity index (χ3n) is 1.87. The highest BCUT2D eigenvalue weighted by atomic mass is 35.5. The topological polar surface area (TPSA) is 26.0 Å². The Bertz CT molecular complexity index is 383. The summed E-state index contributed by atoms with van der Waals surface area (Å²) in [5, 5.41) is -0.624. The first-order valence-corrected chi connectivity index (χ1v) is 4.05. The molecule has 0 heterocycles. The average molecular weight is 246 g/mol. The Kier molecular flexibility index (Phi) is 2.82. The molecule has 0 saturated heterocycles. The van der Waals surface area contributed by atoms with Gasteiger partial charge in [0, 0.05) is 0 Å². The van der Waals surface area contributed by atoms with E-state index in [0.29, 0.717) is 0 Å². The van der Waals surface area contributed by atoms with Crippen molar-refractivity contribution >= 4 is 17.3 Å². The van der Waals surface area contributed by atoms with Crippen LogP contribution in [0.5, 0.6) is 0 Å². The zero-order valence-corrected chi connectivity index (χ0v) is 8.10. The van der Waals surface area contributed by atoms with Gasteiger partial charge in [-0.15, -0.1) is 0 Å². The number of anilines is 1. The molecule has 0 aliphatic carbocycles. The summed E-state index contributed by atoms with van der Waals surface area (Å²) in [6.45, 7) is 0.921. The summed E-state index contributed by atoms with van der Waals surface area (Å²) in [6.07, 6.45) is -5.01. The first-order chi connectivity index (χ1) is 6.68. The molecule has 0 aliphatic heterocycles. The van der Waals surface area contributed by atoms with Crippen LogP contribution in [0.3, 0.4) is 0 Å². The largest absolute Gasteiger partial charge is 0.419 e. The first-order valence-electron chi connectivity index (χ1n) is 3.67. The summed E-state index contributed by atoms with van der Waals surface area (Å²) in [6, 6.07) is 0. The van der Waals surface area contributed by atoms with Gasteiger partial charge in [-0.1, -0.05) is 11.6 Å². The van der Waals surface area contributed by atoms with Crippen LogP contribution >= 0.6 is 11.6 Å². The molecule has 0 amide bonds. The molecular formula is C8H5ClF5N. The van der Waals surface area contributed by atoms with Crippen molar-refractivity contribution in [1.29, 1.82) is 0 Å². The Morgan fingerprint density at radius 3 is 2.00 bits per heavy atom. The van der Waals surface area contributed by atoms with Crippen LogP contribution in [0, 0.1) is 18.6 Å². The quantitative estimate of drug-likeness (QED) is 0.422. The summed E-state index contributed by atoms with van der Waals surface area (Å²) < 4.78 is 62.7. The molecule has 1 aromatic carbocycles. The number of hydrogen-bond donors (Lipinski definition) is 1. The Hall–Kier alpha value is -1.04. The van der Waals surface area contributed by atoms with Gasteiger partial charge < -0.3 is 5.73 Å². The zero-order chi connectivity index (χ0) is 12.0. The molecular weight excluding hydrogens is 241 g/mol. The lowest BCUT2D eigenvalue weighted by Gasteiger charge is -2.14. The molecule has 1 nitrogen and oxygen atoms in total. The van der Waals surface area contributed by atoms with Gasteiger partial charge in [0.2, 0.25) is 0 Å². The van der Waals surface area contributed by atoms with Gasteiger partial charge >= 0.3 is 6.18 Å². The minimum Gasteiger partial charge on any atom is -0.395 e. The highest BCUT2D eigenvalue weighted by Crippen LogP contribution is 2.40. The molecule has 2 N–H and O–H groups in total. The maximum atomic E-state index is 13.0. The van der Waals surface area contributed by atoms with Gasteiger partial charge in [0.1, 0.15) is 0 Å². The fourth-order valence-corrected chi connectivity index (χ4v) is 1.32. The van der Waals surface area contributed by atoms with E-state index in [4.69, 9.17) is 17.3 Å². The molecule has 0 atom stereocenters. The van der Waals surface area contributed by atoms with Crippen LogP contribution in [0.15, 0.2) is 0 Å². The molecule has 0 unspecified atom stereocenters. The van der Waals surface area contributed by atoms with Crippen LogP contribution in [0.25, 0.3) is 0 Å². The highest BCUT2D eigenvalue weighted by molar-refractivity contribution is 6.34. The minimum atomic E-state index is -5.01. The number of nitrogens with two attached hydrogens (primary N) is 1. The SMILES string of the molecule is Cc1c(Cl)c(N)c(F)c(F)c1C(F)(F)F. The molecule has 0 aliphatic rings. The molecule has 0 radical (unpaired) electrons. The van der Waals surface area contributed by atoms with Gasteiger partial charge in [0.15, 0.2) is 11.6 Å². The maximum Gasteiger partial charge on any atom is 0.419 e. The van der Waals surface area contributed by atoms with E-state index in [-0.39, 0.29) is 0 Å². The second kappa shape index (κ2) is 3.52. The molecule has 15 heavy (non-hydrogen) atoms. The summed E-state index contributed by atoms with van der Waals surface area (Å²) in [7, 11) is 0. The third-order valence-corrected chi connectivity index (χ3v) is 2.36. The van der Waals surface area contributed by atoms with Crippen molar-refractivity contribution in [2.24, 2.45) is 0 Å². The molecule has 0 spiro atoms. The smallest absolute Gasteiger partial charge is 0.395 e. The lowest BCUT2D eigenvalue weighted by Crippen LogP contribution is -2.14. The fourth-order valence-electron chi connectivity index (χ4n) is 1.14. The van der Waals surface area contributed by atoms with Crippen LogP contribution in [0.1, 0.15) is 11.1 Å². The van der Waals surface area contributed by atoms with E-state index < -0.39 is 39.6 Å². The van der Waals surface area contributed by atoms with Crippen molar-refractivity contribution in [3.05, 3.63) is 27.8 Å². The van der Waals surface area contributed by atoms with Crippen LogP contribution < -0.4 is 5.73 Å². The van der Waals surface area contributed by atoms with Crippen LogP contribution in [0.2, 0.25) is 5.02 Å². The fraction of sp³-hybridized carbons (Fsp3) is 0.250. The third kappa shape index (κ3) is 1.86. The lowest BCUT2D eigenvalue weighted by atomic mass is 10.1. The number of nitrogen functional groups attached to an aromatic ring is 1. The van der Waals surface area contributed by atoms with Crippen molar-refractivity contribution in [1.82, 2.24) is 0 Å². The highest BCUT2D eigenvalue weighted by Gasteiger charge is 2.39. The molecule has 0 bridgehead atoms. The van der Waals surface area contributed by atoms with E-state index in [1.54, 1.807) is 0 Å². The normalized spacial score (nSPS) is 11.9. The predicted octanol–water partition coefficient (Wildman–Crippen LogP) is 3.53. The Labute approximate surface area is 86.6 Å². The molecule has 0 aromatic heterocycles. The van der Waals surface area contributed by atoms with Gasteiger partial charge in [0.05, 0.1) is 16.3 Å². The van der Waals surface area contributed by atoms with Gasteiger partial charge in [-0.05, 0) is 12.5 Å². The van der Waals surface area contributed by atoms with Crippen molar-refractivity contribution < 1.29 is 22.0 Å². The van der Waals surface area contributed by atoms with Gasteiger partial charge in [0.25, 0.3) is 0 Å². The molecule has 7 heteroatoms. The number of alkyl halides is 3. The summed E-state index contributed by atoms with van der Waals surface area (Å²) in [4.78, 5) is 0. The standard InChI is InChI=1S/C8H5ClF5N/c1-2-3(8(12,13)14)5(10)6(11)7(15)4(2)9/h15H2,1H3. The molecule has 84 valence electrons. The molecule has 0 fully saturated rings. The van der Waals surface area contributed by atoms with Gasteiger partial charge in [-0.25, -0.2) is 8.78 Å². The van der Waals surface area contributed by atoms with E-state index in [0.717, 1.165) is 6.92 Å². The summed E-state index contributed by atoms with van der Waals surface area (Å²) >= 11 is 5.33. The predicted molar refractivity (Wildman–Crippen MR) is 45.5 cm³/mol. The Balaban J connectivity index is 3.68. The maximum absolute atomic E-state index is 13.0. The van der Waals surface area contributed by atoms with Gasteiger partial charge in [-0.3, -0.25) is 0 Å². The second-order valence-corrected chi connectivity index (χ2v) is 3.23. The lowest BCUT2D eigenvalue weighted by molar-refractivity contribution is -0.140. The zero-order valence-electron chi connectivity index (χ0n) is 7.35.